The van der Waals surface area contributed by atoms with E-state index in [2.05, 4.69) is 20.8 Å². The fourth-order valence-electron chi connectivity index (χ4n) is 3.57. The van der Waals surface area contributed by atoms with Crippen molar-refractivity contribution in [2.24, 2.45) is 14.1 Å². The second-order valence-corrected chi connectivity index (χ2v) is 7.22. The largest absolute Gasteiger partial charge is 0.388 e. The van der Waals surface area contributed by atoms with E-state index in [0.717, 1.165) is 42.2 Å². The van der Waals surface area contributed by atoms with Gasteiger partial charge in [0.05, 0.1) is 17.0 Å². The van der Waals surface area contributed by atoms with Crippen LogP contribution in [0.3, 0.4) is 0 Å². The topological polar surface area (TPSA) is 97.0 Å². The van der Waals surface area contributed by atoms with Crippen LogP contribution in [0.5, 0.6) is 0 Å². The number of hydrogen-bond acceptors (Lipinski definition) is 5. The molecule has 0 aliphatic carbocycles. The molecule has 2 aromatic rings. The van der Waals surface area contributed by atoms with Crippen molar-refractivity contribution in [2.75, 3.05) is 19.6 Å². The molecule has 0 bridgehead atoms. The lowest BCUT2D eigenvalue weighted by Crippen LogP contribution is -2.43. The van der Waals surface area contributed by atoms with Gasteiger partial charge in [-0.25, -0.2) is 0 Å². The minimum atomic E-state index is -0.850. The predicted molar refractivity (Wildman–Crippen MR) is 98.9 cm³/mol. The van der Waals surface area contributed by atoms with Gasteiger partial charge in [-0.2, -0.15) is 10.2 Å². The molecule has 1 atom stereocenters. The van der Waals surface area contributed by atoms with E-state index in [4.69, 9.17) is 0 Å². The maximum Gasteiger partial charge on any atom is 0.269 e. The van der Waals surface area contributed by atoms with E-state index in [1.54, 1.807) is 17.8 Å². The molecule has 1 fully saturated rings. The molecule has 1 unspecified atom stereocenters. The summed E-state index contributed by atoms with van der Waals surface area (Å²) in [5.74, 6) is -0.226. The van der Waals surface area contributed by atoms with E-state index in [0.29, 0.717) is 18.5 Å². The number of aliphatic hydroxyl groups is 1. The first-order valence-corrected chi connectivity index (χ1v) is 9.07. The molecule has 142 valence electrons. The maximum absolute atomic E-state index is 12.6. The summed E-state index contributed by atoms with van der Waals surface area (Å²) in [6.07, 6.45) is 2.23. The molecule has 3 N–H and O–H groups in total. The SMILES string of the molecule is Cc1nn(C)c(C)c1-c1cc(C(=O)NCC2(O)CCCNCC2)n(C)n1. The lowest BCUT2D eigenvalue weighted by Gasteiger charge is -2.26. The molecule has 2 aromatic heterocycles. The zero-order valence-corrected chi connectivity index (χ0v) is 16.0. The van der Waals surface area contributed by atoms with Crippen molar-refractivity contribution in [1.29, 1.82) is 0 Å². The monoisotopic (exact) mass is 360 g/mol. The first-order chi connectivity index (χ1) is 12.3. The predicted octanol–water partition coefficient (Wildman–Crippen LogP) is 0.672. The van der Waals surface area contributed by atoms with Crippen LogP contribution in [-0.2, 0) is 14.1 Å². The summed E-state index contributed by atoms with van der Waals surface area (Å²) in [7, 11) is 3.65. The van der Waals surface area contributed by atoms with Crippen molar-refractivity contribution in [3.05, 3.63) is 23.1 Å². The Balaban J connectivity index is 1.75. The van der Waals surface area contributed by atoms with E-state index < -0.39 is 5.60 Å². The van der Waals surface area contributed by atoms with Crippen LogP contribution in [0.2, 0.25) is 0 Å². The zero-order chi connectivity index (χ0) is 18.9. The van der Waals surface area contributed by atoms with Gasteiger partial charge in [-0.05, 0) is 52.3 Å². The van der Waals surface area contributed by atoms with Crippen LogP contribution in [0.15, 0.2) is 6.07 Å². The molecule has 0 spiro atoms. The highest BCUT2D eigenvalue weighted by Gasteiger charge is 2.29. The molecule has 3 heterocycles. The van der Waals surface area contributed by atoms with Crippen LogP contribution in [0.1, 0.15) is 41.1 Å². The minimum Gasteiger partial charge on any atom is -0.388 e. The van der Waals surface area contributed by atoms with E-state index >= 15 is 0 Å². The van der Waals surface area contributed by atoms with Gasteiger partial charge in [-0.3, -0.25) is 14.2 Å². The van der Waals surface area contributed by atoms with Gasteiger partial charge in [0.25, 0.3) is 5.91 Å². The summed E-state index contributed by atoms with van der Waals surface area (Å²) in [5.41, 5.74) is 3.20. The van der Waals surface area contributed by atoms with Crippen LogP contribution < -0.4 is 10.6 Å². The summed E-state index contributed by atoms with van der Waals surface area (Å²) in [6.45, 7) is 5.84. The van der Waals surface area contributed by atoms with E-state index in [9.17, 15) is 9.90 Å². The van der Waals surface area contributed by atoms with Crippen molar-refractivity contribution < 1.29 is 9.90 Å². The van der Waals surface area contributed by atoms with Gasteiger partial charge < -0.3 is 15.7 Å². The molecule has 1 aliphatic rings. The number of carbonyl (C=O) groups excluding carboxylic acids is 1. The zero-order valence-electron chi connectivity index (χ0n) is 16.0. The van der Waals surface area contributed by atoms with Crippen LogP contribution >= 0.6 is 0 Å². The van der Waals surface area contributed by atoms with Gasteiger partial charge >= 0.3 is 0 Å². The lowest BCUT2D eigenvalue weighted by molar-refractivity contribution is 0.0274. The summed E-state index contributed by atoms with van der Waals surface area (Å²) < 4.78 is 3.39. The van der Waals surface area contributed by atoms with Crippen molar-refractivity contribution in [3.8, 4) is 11.3 Å². The molecule has 26 heavy (non-hydrogen) atoms. The summed E-state index contributed by atoms with van der Waals surface area (Å²) in [6, 6.07) is 1.78. The number of aromatic nitrogens is 4. The van der Waals surface area contributed by atoms with Gasteiger partial charge in [0.2, 0.25) is 0 Å². The van der Waals surface area contributed by atoms with Crippen molar-refractivity contribution in [1.82, 2.24) is 30.2 Å². The van der Waals surface area contributed by atoms with E-state index in [1.165, 1.54) is 0 Å². The van der Waals surface area contributed by atoms with E-state index in [1.807, 2.05) is 25.6 Å². The number of nitrogens with zero attached hydrogens (tertiary/aromatic N) is 4. The third kappa shape index (κ3) is 3.66. The smallest absolute Gasteiger partial charge is 0.269 e. The molecule has 1 aliphatic heterocycles. The average molecular weight is 360 g/mol. The quantitative estimate of drug-likeness (QED) is 0.745. The summed E-state index contributed by atoms with van der Waals surface area (Å²) >= 11 is 0. The number of amides is 1. The molecule has 8 nitrogen and oxygen atoms in total. The highest BCUT2D eigenvalue weighted by atomic mass is 16.3. The standard InChI is InChI=1S/C18H28N6O2/c1-12-16(13(2)23(3)21-12)14-10-15(24(4)22-14)17(25)20-11-18(26)6-5-8-19-9-7-18/h10,19,26H,5-9,11H2,1-4H3,(H,20,25). The molecule has 0 radical (unpaired) electrons. The number of rotatable bonds is 4. The van der Waals surface area contributed by atoms with E-state index in [-0.39, 0.29) is 12.5 Å². The number of hydrogen-bond donors (Lipinski definition) is 3. The van der Waals surface area contributed by atoms with Crippen LogP contribution in [0, 0.1) is 13.8 Å². The second kappa shape index (κ2) is 7.20. The highest BCUT2D eigenvalue weighted by Crippen LogP contribution is 2.26. The molecular weight excluding hydrogens is 332 g/mol. The maximum atomic E-state index is 12.6. The van der Waals surface area contributed by atoms with Crippen LogP contribution in [0.4, 0.5) is 0 Å². The minimum absolute atomic E-state index is 0.226. The fraction of sp³-hybridized carbons (Fsp3) is 0.611. The van der Waals surface area contributed by atoms with Crippen molar-refractivity contribution in [3.63, 3.8) is 0 Å². The third-order valence-corrected chi connectivity index (χ3v) is 5.22. The van der Waals surface area contributed by atoms with Crippen molar-refractivity contribution >= 4 is 5.91 Å². The molecule has 3 rings (SSSR count). The molecular formula is C18H28N6O2. The Morgan fingerprint density at radius 1 is 1.27 bits per heavy atom. The highest BCUT2D eigenvalue weighted by molar-refractivity contribution is 5.93. The molecule has 8 heteroatoms. The normalized spacial score (nSPS) is 20.8. The first kappa shape index (κ1) is 18.6. The first-order valence-electron chi connectivity index (χ1n) is 9.07. The average Bonchev–Trinajstić information content (AvgIpc) is 2.97. The van der Waals surface area contributed by atoms with Gasteiger partial charge in [0.15, 0.2) is 0 Å². The molecule has 1 saturated heterocycles. The van der Waals surface area contributed by atoms with Crippen molar-refractivity contribution in [2.45, 2.75) is 38.7 Å². The third-order valence-electron chi connectivity index (χ3n) is 5.22. The van der Waals surface area contributed by atoms with Crippen LogP contribution in [-0.4, -0.2) is 55.8 Å². The summed E-state index contributed by atoms with van der Waals surface area (Å²) in [5, 5.41) is 25.7. The number of nitrogens with one attached hydrogen (secondary N) is 2. The molecule has 0 aromatic carbocycles. The van der Waals surface area contributed by atoms with Crippen LogP contribution in [0.25, 0.3) is 11.3 Å². The lowest BCUT2D eigenvalue weighted by atomic mass is 9.95. The number of carbonyl (C=O) groups is 1. The Morgan fingerprint density at radius 2 is 2.04 bits per heavy atom. The Kier molecular flexibility index (Phi) is 5.15. The Bertz CT molecular complexity index is 799. The fourth-order valence-corrected chi connectivity index (χ4v) is 3.57. The Hall–Kier alpha value is -2.19. The molecule has 0 saturated carbocycles. The van der Waals surface area contributed by atoms with Gasteiger partial charge in [-0.1, -0.05) is 0 Å². The molecule has 1 amide bonds. The van der Waals surface area contributed by atoms with Gasteiger partial charge in [0.1, 0.15) is 5.69 Å². The Morgan fingerprint density at radius 3 is 2.73 bits per heavy atom. The van der Waals surface area contributed by atoms with Gasteiger partial charge in [-0.15, -0.1) is 0 Å². The summed E-state index contributed by atoms with van der Waals surface area (Å²) in [4.78, 5) is 12.6. The second-order valence-electron chi connectivity index (χ2n) is 7.22. The van der Waals surface area contributed by atoms with Gasteiger partial charge in [0, 0.05) is 31.9 Å². The Labute approximate surface area is 153 Å². The number of aryl methyl sites for hydroxylation is 3.